The maximum absolute atomic E-state index is 14.2. The first-order chi connectivity index (χ1) is 19.9. The van der Waals surface area contributed by atoms with Gasteiger partial charge < -0.3 is 19.5 Å². The molecule has 1 N–H and O–H groups in total. The minimum absolute atomic E-state index is 0.0474. The van der Waals surface area contributed by atoms with Gasteiger partial charge in [0.2, 0.25) is 0 Å². The van der Waals surface area contributed by atoms with E-state index in [4.69, 9.17) is 9.57 Å². The molecule has 43 heavy (non-hydrogen) atoms. The normalized spacial score (nSPS) is 19.0. The Kier molecular flexibility index (Phi) is 9.44. The summed E-state index contributed by atoms with van der Waals surface area (Å²) < 4.78 is 90.2. The van der Waals surface area contributed by atoms with Crippen molar-refractivity contribution >= 4 is 12.1 Å². The first-order valence-corrected chi connectivity index (χ1v) is 14.4. The number of amides is 1. The van der Waals surface area contributed by atoms with Crippen LogP contribution in [0.5, 0.6) is 0 Å². The summed E-state index contributed by atoms with van der Waals surface area (Å²) in [5.74, 6) is -0.502. The number of hydrogen-bond donors (Lipinski definition) is 1. The third kappa shape index (κ3) is 8.04. The zero-order valence-corrected chi connectivity index (χ0v) is 24.6. The number of nitrogens with zero attached hydrogens (tertiary/aromatic N) is 2. The lowest BCUT2D eigenvalue weighted by Gasteiger charge is -2.27. The molecular formula is C30H37F6N3O4. The van der Waals surface area contributed by atoms with Crippen LogP contribution in [-0.4, -0.2) is 45.9 Å². The van der Waals surface area contributed by atoms with Crippen LogP contribution in [0.3, 0.4) is 0 Å². The predicted octanol–water partition coefficient (Wildman–Crippen LogP) is 7.89. The lowest BCUT2D eigenvalue weighted by Crippen LogP contribution is -2.38. The third-order valence-corrected chi connectivity index (χ3v) is 7.78. The van der Waals surface area contributed by atoms with E-state index in [0.29, 0.717) is 37.6 Å². The van der Waals surface area contributed by atoms with E-state index in [0.717, 1.165) is 32.1 Å². The molecule has 1 saturated heterocycles. The fourth-order valence-corrected chi connectivity index (χ4v) is 5.71. The summed E-state index contributed by atoms with van der Waals surface area (Å²) in [7, 11) is 0. The van der Waals surface area contributed by atoms with Gasteiger partial charge >= 0.3 is 18.5 Å². The highest BCUT2D eigenvalue weighted by Gasteiger charge is 2.39. The highest BCUT2D eigenvalue weighted by molar-refractivity contribution is 5.97. The van der Waals surface area contributed by atoms with Crippen LogP contribution in [0.15, 0.2) is 24.3 Å². The van der Waals surface area contributed by atoms with Gasteiger partial charge in [0.15, 0.2) is 0 Å². The number of halogens is 6. The van der Waals surface area contributed by atoms with E-state index in [9.17, 15) is 35.9 Å². The molecule has 2 aliphatic rings. The minimum atomic E-state index is -4.97. The number of carbonyl (C=O) groups is 2. The maximum atomic E-state index is 14.2. The molecule has 2 aromatic rings. The Bertz CT molecular complexity index is 1320. The van der Waals surface area contributed by atoms with Gasteiger partial charge in [0.25, 0.3) is 5.91 Å². The number of aromatic nitrogens is 1. The van der Waals surface area contributed by atoms with E-state index in [-0.39, 0.29) is 29.5 Å². The van der Waals surface area contributed by atoms with Crippen molar-refractivity contribution in [2.75, 3.05) is 6.54 Å². The number of ether oxygens (including phenoxy) is 1. The van der Waals surface area contributed by atoms with Crippen LogP contribution in [0.4, 0.5) is 31.1 Å². The lowest BCUT2D eigenvalue weighted by atomic mass is 9.95. The number of carbonyl (C=O) groups excluding carboxylic acids is 2. The highest BCUT2D eigenvalue weighted by Crippen LogP contribution is 2.42. The van der Waals surface area contributed by atoms with E-state index < -0.39 is 52.7 Å². The molecule has 0 bridgehead atoms. The van der Waals surface area contributed by atoms with Gasteiger partial charge in [-0.05, 0) is 77.6 Å². The monoisotopic (exact) mass is 617 g/mol. The quantitative estimate of drug-likeness (QED) is 0.264. The highest BCUT2D eigenvalue weighted by atomic mass is 19.4. The number of hydroxylamine groups is 2. The number of nitrogens with one attached hydrogen (secondary N) is 1. The molecule has 0 radical (unpaired) electrons. The van der Waals surface area contributed by atoms with Crippen LogP contribution in [-0.2, 0) is 28.5 Å². The van der Waals surface area contributed by atoms with E-state index in [2.05, 4.69) is 5.32 Å². The Morgan fingerprint density at radius 3 is 2.21 bits per heavy atom. The van der Waals surface area contributed by atoms with Crippen LogP contribution < -0.4 is 5.32 Å². The van der Waals surface area contributed by atoms with Crippen molar-refractivity contribution in [2.45, 2.75) is 109 Å². The van der Waals surface area contributed by atoms with E-state index in [1.807, 2.05) is 0 Å². The Morgan fingerprint density at radius 2 is 1.60 bits per heavy atom. The zero-order chi connectivity index (χ0) is 31.7. The first kappa shape index (κ1) is 32.7. The SMILES string of the molecule is Cc1c(C(=O)NC2CCCCC2)cc(-c2cc(C(F)(F)F)ccc2C(F)(F)F)n1C[C@@H]1CCCN1OC(=O)OC(C)(C)C. The number of benzene rings is 1. The molecule has 1 aromatic heterocycles. The third-order valence-electron chi connectivity index (χ3n) is 7.78. The fourth-order valence-electron chi connectivity index (χ4n) is 5.71. The Balaban J connectivity index is 1.78. The molecule has 1 atom stereocenters. The maximum Gasteiger partial charge on any atom is 0.528 e. The average molecular weight is 618 g/mol. The summed E-state index contributed by atoms with van der Waals surface area (Å²) in [5.41, 5.74) is -3.85. The molecule has 1 amide bonds. The van der Waals surface area contributed by atoms with E-state index >= 15 is 0 Å². The van der Waals surface area contributed by atoms with Gasteiger partial charge in [0.05, 0.1) is 22.7 Å². The van der Waals surface area contributed by atoms with Gasteiger partial charge in [-0.15, -0.1) is 5.06 Å². The standard InChI is InChI=1S/C30H37F6N3O4/c1-18-22(26(40)37-20-9-6-5-7-10-20)16-25(23-15-19(29(31,32)33)12-13-24(23)30(34,35)36)38(18)17-21-11-8-14-39(21)43-27(41)42-28(2,3)4/h12-13,15-16,20-21H,5-11,14,17H2,1-4H3,(H,37,40)/t21-/m0/s1. The lowest BCUT2D eigenvalue weighted by molar-refractivity contribution is -0.152. The van der Waals surface area contributed by atoms with Gasteiger partial charge in [-0.3, -0.25) is 4.79 Å². The fraction of sp³-hybridized carbons (Fsp3) is 0.600. The molecule has 7 nitrogen and oxygen atoms in total. The summed E-state index contributed by atoms with van der Waals surface area (Å²) >= 11 is 0. The zero-order valence-electron chi connectivity index (χ0n) is 24.6. The Morgan fingerprint density at radius 1 is 0.930 bits per heavy atom. The molecule has 2 heterocycles. The molecule has 238 valence electrons. The van der Waals surface area contributed by atoms with Crippen molar-refractivity contribution in [2.24, 2.45) is 0 Å². The van der Waals surface area contributed by atoms with Crippen molar-refractivity contribution in [1.29, 1.82) is 0 Å². The smallest absolute Gasteiger partial charge is 0.427 e. The second-order valence-corrected chi connectivity index (χ2v) is 12.2. The minimum Gasteiger partial charge on any atom is -0.427 e. The van der Waals surface area contributed by atoms with Crippen molar-refractivity contribution in [1.82, 2.24) is 14.9 Å². The molecule has 2 fully saturated rings. The molecular weight excluding hydrogens is 580 g/mol. The second kappa shape index (κ2) is 12.4. The number of rotatable bonds is 6. The number of alkyl halides is 6. The average Bonchev–Trinajstić information content (AvgIpc) is 3.46. The van der Waals surface area contributed by atoms with Crippen LogP contribution >= 0.6 is 0 Å². The van der Waals surface area contributed by atoms with Crippen molar-refractivity contribution < 1.29 is 45.5 Å². The largest absolute Gasteiger partial charge is 0.528 e. The molecule has 13 heteroatoms. The van der Waals surface area contributed by atoms with Crippen molar-refractivity contribution in [3.8, 4) is 11.3 Å². The van der Waals surface area contributed by atoms with E-state index in [1.54, 1.807) is 27.7 Å². The second-order valence-electron chi connectivity index (χ2n) is 12.2. The van der Waals surface area contributed by atoms with Gasteiger partial charge in [-0.25, -0.2) is 4.79 Å². The van der Waals surface area contributed by atoms with Crippen molar-refractivity contribution in [3.63, 3.8) is 0 Å². The van der Waals surface area contributed by atoms with Crippen LogP contribution in [0, 0.1) is 6.92 Å². The Hall–Kier alpha value is -3.22. The topological polar surface area (TPSA) is 72.8 Å². The number of hydrogen-bond acceptors (Lipinski definition) is 5. The van der Waals surface area contributed by atoms with Gasteiger partial charge in [0.1, 0.15) is 5.60 Å². The van der Waals surface area contributed by atoms with Gasteiger partial charge in [-0.1, -0.05) is 19.3 Å². The molecule has 0 unspecified atom stereocenters. The molecule has 1 aliphatic heterocycles. The van der Waals surface area contributed by atoms with E-state index in [1.165, 1.54) is 15.7 Å². The van der Waals surface area contributed by atoms with Crippen LogP contribution in [0.25, 0.3) is 11.3 Å². The molecule has 1 saturated carbocycles. The molecule has 1 aliphatic carbocycles. The van der Waals surface area contributed by atoms with Crippen molar-refractivity contribution in [3.05, 3.63) is 46.6 Å². The molecule has 4 rings (SSSR count). The summed E-state index contributed by atoms with van der Waals surface area (Å²) in [6.07, 6.45) is -5.28. The summed E-state index contributed by atoms with van der Waals surface area (Å²) in [4.78, 5) is 31.2. The van der Waals surface area contributed by atoms with Gasteiger partial charge in [-0.2, -0.15) is 26.3 Å². The first-order valence-electron chi connectivity index (χ1n) is 14.4. The summed E-state index contributed by atoms with van der Waals surface area (Å²) in [6.45, 7) is 6.82. The molecule has 1 aromatic carbocycles. The summed E-state index contributed by atoms with van der Waals surface area (Å²) in [5, 5.41) is 4.32. The molecule has 0 spiro atoms. The summed E-state index contributed by atoms with van der Waals surface area (Å²) in [6, 6.07) is 1.88. The van der Waals surface area contributed by atoms with Crippen LogP contribution in [0.2, 0.25) is 0 Å². The van der Waals surface area contributed by atoms with Crippen LogP contribution in [0.1, 0.15) is 92.9 Å². The predicted molar refractivity (Wildman–Crippen MR) is 146 cm³/mol. The Labute approximate surface area is 246 Å². The van der Waals surface area contributed by atoms with Gasteiger partial charge in [0, 0.05) is 36.1 Å².